The van der Waals surface area contributed by atoms with Crippen molar-refractivity contribution < 1.29 is 14.3 Å². The third-order valence-corrected chi connectivity index (χ3v) is 5.56. The molecule has 1 heterocycles. The van der Waals surface area contributed by atoms with Crippen LogP contribution in [0.1, 0.15) is 18.0 Å². The lowest BCUT2D eigenvalue weighted by Crippen LogP contribution is -2.38. The Hall–Kier alpha value is -2.57. The Kier molecular flexibility index (Phi) is 6.77. The van der Waals surface area contributed by atoms with Crippen molar-refractivity contribution in [3.63, 3.8) is 0 Å². The molecule has 0 radical (unpaired) electrons. The fourth-order valence-corrected chi connectivity index (χ4v) is 3.83. The van der Waals surface area contributed by atoms with Gasteiger partial charge in [0, 0.05) is 36.3 Å². The summed E-state index contributed by atoms with van der Waals surface area (Å²) < 4.78 is 5.23. The van der Waals surface area contributed by atoms with Crippen LogP contribution in [0.5, 0.6) is 5.75 Å². The van der Waals surface area contributed by atoms with Crippen LogP contribution in [-0.2, 0) is 9.59 Å². The van der Waals surface area contributed by atoms with Gasteiger partial charge in [-0.25, -0.2) is 0 Å². The van der Waals surface area contributed by atoms with Gasteiger partial charge in [0.05, 0.1) is 19.1 Å². The lowest BCUT2D eigenvalue weighted by atomic mass is 10.0. The van der Waals surface area contributed by atoms with E-state index in [1.165, 1.54) is 0 Å². The first-order chi connectivity index (χ1) is 13.9. The lowest BCUT2D eigenvalue weighted by Gasteiger charge is -2.26. The molecular formula is C22H26ClN3O3. The first-order valence-corrected chi connectivity index (χ1v) is 9.91. The van der Waals surface area contributed by atoms with Crippen LogP contribution in [0.25, 0.3) is 0 Å². The number of methoxy groups -OCH3 is 1. The molecule has 2 amide bonds. The SMILES string of the molecule is COc1cccc(N2CC(C(=O)NCC(c3ccccc3Cl)N(C)C)CC2=O)c1. The predicted octanol–water partition coefficient (Wildman–Crippen LogP) is 3.12. The first-order valence-electron chi connectivity index (χ1n) is 9.53. The summed E-state index contributed by atoms with van der Waals surface area (Å²) in [6.45, 7) is 0.774. The summed E-state index contributed by atoms with van der Waals surface area (Å²) in [6, 6.07) is 14.9. The van der Waals surface area contributed by atoms with Gasteiger partial charge in [0.1, 0.15) is 5.75 Å². The summed E-state index contributed by atoms with van der Waals surface area (Å²) in [5.74, 6) is 0.107. The molecule has 2 atom stereocenters. The number of carbonyl (C=O) groups is 2. The average Bonchev–Trinajstić information content (AvgIpc) is 3.11. The number of nitrogens with zero attached hydrogens (tertiary/aromatic N) is 2. The molecule has 2 aromatic rings. The molecule has 1 saturated heterocycles. The molecular weight excluding hydrogens is 390 g/mol. The van der Waals surface area contributed by atoms with E-state index in [-0.39, 0.29) is 30.2 Å². The Morgan fingerprint density at radius 2 is 2.03 bits per heavy atom. The monoisotopic (exact) mass is 415 g/mol. The number of carbonyl (C=O) groups excluding carboxylic acids is 2. The van der Waals surface area contributed by atoms with E-state index in [4.69, 9.17) is 16.3 Å². The van der Waals surface area contributed by atoms with Crippen molar-refractivity contribution in [2.24, 2.45) is 5.92 Å². The lowest BCUT2D eigenvalue weighted by molar-refractivity contribution is -0.126. The Bertz CT molecular complexity index is 887. The molecule has 0 saturated carbocycles. The Labute approximate surface area is 176 Å². The molecule has 3 rings (SSSR count). The van der Waals surface area contributed by atoms with Gasteiger partial charge in [-0.15, -0.1) is 0 Å². The highest BCUT2D eigenvalue weighted by atomic mass is 35.5. The third kappa shape index (κ3) is 4.89. The van der Waals surface area contributed by atoms with Gasteiger partial charge in [0.2, 0.25) is 11.8 Å². The smallest absolute Gasteiger partial charge is 0.227 e. The maximum atomic E-state index is 12.8. The fraction of sp³-hybridized carbons (Fsp3) is 0.364. The number of anilines is 1. The van der Waals surface area contributed by atoms with Crippen LogP contribution >= 0.6 is 11.6 Å². The Morgan fingerprint density at radius 1 is 1.28 bits per heavy atom. The molecule has 29 heavy (non-hydrogen) atoms. The van der Waals surface area contributed by atoms with Crippen LogP contribution in [0.2, 0.25) is 5.02 Å². The number of amides is 2. The second-order valence-corrected chi connectivity index (χ2v) is 7.76. The van der Waals surface area contributed by atoms with E-state index in [1.807, 2.05) is 61.5 Å². The molecule has 0 bridgehead atoms. The van der Waals surface area contributed by atoms with Crippen molar-refractivity contribution in [3.05, 3.63) is 59.1 Å². The molecule has 1 fully saturated rings. The largest absolute Gasteiger partial charge is 0.497 e. The standard InChI is InChI=1S/C22H26ClN3O3/c1-25(2)20(18-9-4-5-10-19(18)23)13-24-22(28)15-11-21(27)26(14-15)16-7-6-8-17(12-16)29-3/h4-10,12,15,20H,11,13-14H2,1-3H3,(H,24,28). The molecule has 0 spiro atoms. The summed E-state index contributed by atoms with van der Waals surface area (Å²) >= 11 is 6.34. The van der Waals surface area contributed by atoms with Crippen molar-refractivity contribution in [2.45, 2.75) is 12.5 Å². The van der Waals surface area contributed by atoms with Gasteiger partial charge in [0.25, 0.3) is 0 Å². The maximum absolute atomic E-state index is 12.8. The number of hydrogen-bond acceptors (Lipinski definition) is 4. The highest BCUT2D eigenvalue weighted by Crippen LogP contribution is 2.29. The second-order valence-electron chi connectivity index (χ2n) is 7.35. The molecule has 7 heteroatoms. The van der Waals surface area contributed by atoms with Gasteiger partial charge >= 0.3 is 0 Å². The van der Waals surface area contributed by atoms with Crippen LogP contribution < -0.4 is 15.0 Å². The van der Waals surface area contributed by atoms with Gasteiger partial charge < -0.3 is 19.9 Å². The van der Waals surface area contributed by atoms with Crippen molar-refractivity contribution >= 4 is 29.1 Å². The zero-order chi connectivity index (χ0) is 21.0. The molecule has 6 nitrogen and oxygen atoms in total. The highest BCUT2D eigenvalue weighted by Gasteiger charge is 2.35. The van der Waals surface area contributed by atoms with Crippen molar-refractivity contribution in [1.29, 1.82) is 0 Å². The number of nitrogens with one attached hydrogen (secondary N) is 1. The summed E-state index contributed by atoms with van der Waals surface area (Å²) in [4.78, 5) is 28.9. The van der Waals surface area contributed by atoms with Gasteiger partial charge in [0.15, 0.2) is 0 Å². The summed E-state index contributed by atoms with van der Waals surface area (Å²) in [7, 11) is 5.48. The zero-order valence-electron chi connectivity index (χ0n) is 16.9. The van der Waals surface area contributed by atoms with Gasteiger partial charge in [-0.3, -0.25) is 9.59 Å². The molecule has 154 valence electrons. The van der Waals surface area contributed by atoms with E-state index in [1.54, 1.807) is 18.1 Å². The van der Waals surface area contributed by atoms with Crippen LogP contribution in [0.4, 0.5) is 5.69 Å². The molecule has 2 unspecified atom stereocenters. The summed E-state index contributed by atoms with van der Waals surface area (Å²) in [5, 5.41) is 3.67. The van der Waals surface area contributed by atoms with Gasteiger partial charge in [-0.1, -0.05) is 35.9 Å². The zero-order valence-corrected chi connectivity index (χ0v) is 17.6. The van der Waals surface area contributed by atoms with Crippen LogP contribution in [0, 0.1) is 5.92 Å². The third-order valence-electron chi connectivity index (χ3n) is 5.22. The number of ether oxygens (including phenoxy) is 1. The fourth-order valence-electron chi connectivity index (χ4n) is 3.57. The van der Waals surface area contributed by atoms with E-state index < -0.39 is 0 Å². The topological polar surface area (TPSA) is 61.9 Å². The Morgan fingerprint density at radius 3 is 2.72 bits per heavy atom. The van der Waals surface area contributed by atoms with Gasteiger partial charge in [-0.2, -0.15) is 0 Å². The normalized spacial score (nSPS) is 17.5. The molecule has 0 aliphatic carbocycles. The number of hydrogen-bond donors (Lipinski definition) is 1. The molecule has 0 aromatic heterocycles. The molecule has 1 aliphatic rings. The van der Waals surface area contributed by atoms with E-state index in [9.17, 15) is 9.59 Å². The summed E-state index contributed by atoms with van der Waals surface area (Å²) in [5.41, 5.74) is 1.70. The molecule has 1 N–H and O–H groups in total. The van der Waals surface area contributed by atoms with E-state index in [2.05, 4.69) is 5.32 Å². The first kappa shape index (κ1) is 21.1. The minimum Gasteiger partial charge on any atom is -0.497 e. The van der Waals surface area contributed by atoms with E-state index >= 15 is 0 Å². The Balaban J connectivity index is 1.65. The molecule has 2 aromatic carbocycles. The number of rotatable bonds is 7. The van der Waals surface area contributed by atoms with Gasteiger partial charge in [-0.05, 0) is 37.9 Å². The van der Waals surface area contributed by atoms with Crippen LogP contribution in [0.15, 0.2) is 48.5 Å². The van der Waals surface area contributed by atoms with Crippen LogP contribution in [-0.4, -0.2) is 51.0 Å². The minimum atomic E-state index is -0.386. The van der Waals surface area contributed by atoms with Crippen LogP contribution in [0.3, 0.4) is 0 Å². The number of benzene rings is 2. The average molecular weight is 416 g/mol. The van der Waals surface area contributed by atoms with E-state index in [0.29, 0.717) is 23.9 Å². The highest BCUT2D eigenvalue weighted by molar-refractivity contribution is 6.31. The number of likely N-dealkylation sites (N-methyl/N-ethyl adjacent to an activating group) is 1. The molecule has 1 aliphatic heterocycles. The summed E-state index contributed by atoms with van der Waals surface area (Å²) in [6.07, 6.45) is 0.196. The number of halogens is 1. The maximum Gasteiger partial charge on any atom is 0.227 e. The van der Waals surface area contributed by atoms with E-state index in [0.717, 1.165) is 11.3 Å². The van der Waals surface area contributed by atoms with Crippen molar-refractivity contribution in [1.82, 2.24) is 10.2 Å². The van der Waals surface area contributed by atoms with Crippen molar-refractivity contribution in [2.75, 3.05) is 39.2 Å². The van der Waals surface area contributed by atoms with Crippen molar-refractivity contribution in [3.8, 4) is 5.75 Å². The quantitative estimate of drug-likeness (QED) is 0.754. The predicted molar refractivity (Wildman–Crippen MR) is 114 cm³/mol. The second kappa shape index (κ2) is 9.29. The minimum absolute atomic E-state index is 0.0563.